The maximum absolute atomic E-state index is 12.0. The molecule has 0 spiro atoms. The summed E-state index contributed by atoms with van der Waals surface area (Å²) in [5, 5.41) is 3.23. The largest absolute Gasteiger partial charge is 0.381 e. The van der Waals surface area contributed by atoms with Crippen LogP contribution >= 0.6 is 0 Å². The molecule has 0 radical (unpaired) electrons. The van der Waals surface area contributed by atoms with Crippen LogP contribution in [0.5, 0.6) is 0 Å². The molecule has 1 N–H and O–H groups in total. The smallest absolute Gasteiger partial charge is 0.226 e. The van der Waals surface area contributed by atoms with Crippen LogP contribution in [-0.4, -0.2) is 50.7 Å². The van der Waals surface area contributed by atoms with Gasteiger partial charge >= 0.3 is 0 Å². The Balaban J connectivity index is 1.78. The van der Waals surface area contributed by atoms with E-state index in [0.717, 1.165) is 45.7 Å². The molecule has 2 heterocycles. The van der Waals surface area contributed by atoms with Gasteiger partial charge in [0.1, 0.15) is 0 Å². The van der Waals surface area contributed by atoms with Crippen LogP contribution in [0.15, 0.2) is 0 Å². The Labute approximate surface area is 91.0 Å². The molecule has 4 nitrogen and oxygen atoms in total. The highest BCUT2D eigenvalue weighted by Gasteiger charge is 2.27. The standard InChI is InChI=1S/C11H20N2O2/c1-13(7-9-3-5-15-8-9)11(14)10-2-4-12-6-10/h9-10,12H,2-8H2,1H3/t9?,10-/m1/s1. The van der Waals surface area contributed by atoms with E-state index in [0.29, 0.717) is 11.8 Å². The van der Waals surface area contributed by atoms with E-state index in [1.54, 1.807) is 0 Å². The highest BCUT2D eigenvalue weighted by atomic mass is 16.5. The number of nitrogens with zero attached hydrogens (tertiary/aromatic N) is 1. The summed E-state index contributed by atoms with van der Waals surface area (Å²) in [5.74, 6) is 1.05. The molecule has 0 aromatic rings. The summed E-state index contributed by atoms with van der Waals surface area (Å²) in [6.07, 6.45) is 2.09. The fraction of sp³-hybridized carbons (Fsp3) is 0.909. The number of hydrogen-bond donors (Lipinski definition) is 1. The summed E-state index contributed by atoms with van der Waals surface area (Å²) < 4.78 is 5.31. The fourth-order valence-corrected chi connectivity index (χ4v) is 2.38. The maximum Gasteiger partial charge on any atom is 0.226 e. The summed E-state index contributed by atoms with van der Waals surface area (Å²) in [7, 11) is 1.92. The zero-order valence-electron chi connectivity index (χ0n) is 9.37. The normalized spacial score (nSPS) is 30.7. The first-order valence-corrected chi connectivity index (χ1v) is 5.81. The molecule has 0 aliphatic carbocycles. The van der Waals surface area contributed by atoms with Gasteiger partial charge in [-0.2, -0.15) is 0 Å². The summed E-state index contributed by atoms with van der Waals surface area (Å²) in [5.41, 5.74) is 0. The van der Waals surface area contributed by atoms with Gasteiger partial charge in [0.15, 0.2) is 0 Å². The minimum Gasteiger partial charge on any atom is -0.381 e. The van der Waals surface area contributed by atoms with Gasteiger partial charge in [-0.25, -0.2) is 0 Å². The lowest BCUT2D eigenvalue weighted by molar-refractivity contribution is -0.134. The number of amides is 1. The molecule has 0 aromatic carbocycles. The van der Waals surface area contributed by atoms with Crippen molar-refractivity contribution in [1.82, 2.24) is 10.2 Å². The van der Waals surface area contributed by atoms with Gasteiger partial charge in [-0.1, -0.05) is 0 Å². The molecule has 2 atom stereocenters. The third-order valence-corrected chi connectivity index (χ3v) is 3.34. The quantitative estimate of drug-likeness (QED) is 0.721. The zero-order valence-corrected chi connectivity index (χ0v) is 9.37. The second-order valence-electron chi connectivity index (χ2n) is 4.64. The van der Waals surface area contributed by atoms with E-state index in [1.165, 1.54) is 0 Å². The van der Waals surface area contributed by atoms with Crippen LogP contribution in [0.4, 0.5) is 0 Å². The van der Waals surface area contributed by atoms with Crippen molar-refractivity contribution in [2.75, 3.05) is 39.9 Å². The van der Waals surface area contributed by atoms with Gasteiger partial charge in [0, 0.05) is 32.7 Å². The number of nitrogens with one attached hydrogen (secondary N) is 1. The van der Waals surface area contributed by atoms with Crippen molar-refractivity contribution in [3.05, 3.63) is 0 Å². The number of carbonyl (C=O) groups is 1. The number of ether oxygens (including phenoxy) is 1. The molecule has 2 fully saturated rings. The van der Waals surface area contributed by atoms with Crippen molar-refractivity contribution in [3.8, 4) is 0 Å². The van der Waals surface area contributed by atoms with E-state index in [4.69, 9.17) is 4.74 Å². The maximum atomic E-state index is 12.0. The number of rotatable bonds is 3. The first kappa shape index (κ1) is 10.9. The van der Waals surface area contributed by atoms with Gasteiger partial charge in [0.25, 0.3) is 0 Å². The molecule has 2 aliphatic heterocycles. The summed E-state index contributed by atoms with van der Waals surface area (Å²) in [4.78, 5) is 13.9. The molecule has 2 rings (SSSR count). The van der Waals surface area contributed by atoms with E-state index in [-0.39, 0.29) is 5.92 Å². The van der Waals surface area contributed by atoms with Crippen molar-refractivity contribution >= 4 is 5.91 Å². The Morgan fingerprint density at radius 1 is 1.53 bits per heavy atom. The Kier molecular flexibility index (Phi) is 3.59. The molecule has 1 unspecified atom stereocenters. The molecular formula is C11H20N2O2. The van der Waals surface area contributed by atoms with Crippen LogP contribution in [0.2, 0.25) is 0 Å². The molecule has 86 valence electrons. The monoisotopic (exact) mass is 212 g/mol. The Morgan fingerprint density at radius 3 is 3.00 bits per heavy atom. The number of hydrogen-bond acceptors (Lipinski definition) is 3. The lowest BCUT2D eigenvalue weighted by Crippen LogP contribution is -2.37. The van der Waals surface area contributed by atoms with Crippen LogP contribution in [0.1, 0.15) is 12.8 Å². The van der Waals surface area contributed by atoms with Crippen LogP contribution in [0, 0.1) is 11.8 Å². The predicted molar refractivity (Wildman–Crippen MR) is 57.5 cm³/mol. The molecule has 0 aromatic heterocycles. The summed E-state index contributed by atoms with van der Waals surface area (Å²) >= 11 is 0. The topological polar surface area (TPSA) is 41.6 Å². The minimum atomic E-state index is 0.206. The van der Waals surface area contributed by atoms with E-state index >= 15 is 0 Å². The van der Waals surface area contributed by atoms with E-state index in [9.17, 15) is 4.79 Å². The third-order valence-electron chi connectivity index (χ3n) is 3.34. The van der Waals surface area contributed by atoms with Gasteiger partial charge in [-0.3, -0.25) is 4.79 Å². The first-order chi connectivity index (χ1) is 7.27. The second-order valence-corrected chi connectivity index (χ2v) is 4.64. The first-order valence-electron chi connectivity index (χ1n) is 5.81. The molecule has 2 saturated heterocycles. The fourth-order valence-electron chi connectivity index (χ4n) is 2.38. The van der Waals surface area contributed by atoms with E-state index in [1.807, 2.05) is 11.9 Å². The van der Waals surface area contributed by atoms with Crippen LogP contribution in [-0.2, 0) is 9.53 Å². The van der Waals surface area contributed by atoms with E-state index in [2.05, 4.69) is 5.32 Å². The molecule has 4 heteroatoms. The van der Waals surface area contributed by atoms with Crippen molar-refractivity contribution in [2.24, 2.45) is 11.8 Å². The van der Waals surface area contributed by atoms with Crippen LogP contribution in [0.25, 0.3) is 0 Å². The van der Waals surface area contributed by atoms with Gasteiger partial charge in [0.05, 0.1) is 12.5 Å². The Bertz CT molecular complexity index is 221. The summed E-state index contributed by atoms with van der Waals surface area (Å²) in [6.45, 7) is 4.37. The zero-order chi connectivity index (χ0) is 10.7. The number of carbonyl (C=O) groups excluding carboxylic acids is 1. The predicted octanol–water partition coefficient (Wildman–Crippen LogP) is 0.0908. The second kappa shape index (κ2) is 4.94. The Hall–Kier alpha value is -0.610. The van der Waals surface area contributed by atoms with Crippen molar-refractivity contribution in [3.63, 3.8) is 0 Å². The lowest BCUT2D eigenvalue weighted by Gasteiger charge is -2.23. The van der Waals surface area contributed by atoms with Crippen molar-refractivity contribution < 1.29 is 9.53 Å². The van der Waals surface area contributed by atoms with Crippen LogP contribution in [0.3, 0.4) is 0 Å². The SMILES string of the molecule is CN(CC1CCOC1)C(=O)[C@@H]1CCNC1. The Morgan fingerprint density at radius 2 is 2.40 bits per heavy atom. The third kappa shape index (κ3) is 2.69. The van der Waals surface area contributed by atoms with Crippen molar-refractivity contribution in [2.45, 2.75) is 12.8 Å². The van der Waals surface area contributed by atoms with Gasteiger partial charge in [-0.15, -0.1) is 0 Å². The highest BCUT2D eigenvalue weighted by molar-refractivity contribution is 5.79. The highest BCUT2D eigenvalue weighted by Crippen LogP contribution is 2.16. The van der Waals surface area contributed by atoms with Crippen molar-refractivity contribution in [1.29, 1.82) is 0 Å². The van der Waals surface area contributed by atoms with Gasteiger partial charge in [-0.05, 0) is 19.4 Å². The average Bonchev–Trinajstić information content (AvgIpc) is 2.88. The molecule has 0 bridgehead atoms. The van der Waals surface area contributed by atoms with Crippen LogP contribution < -0.4 is 5.32 Å². The summed E-state index contributed by atoms with van der Waals surface area (Å²) in [6, 6.07) is 0. The van der Waals surface area contributed by atoms with E-state index < -0.39 is 0 Å². The molecule has 1 amide bonds. The molecule has 0 saturated carbocycles. The van der Waals surface area contributed by atoms with Gasteiger partial charge in [0.2, 0.25) is 5.91 Å². The average molecular weight is 212 g/mol. The molecule has 2 aliphatic rings. The lowest BCUT2D eigenvalue weighted by atomic mass is 10.1. The molecular weight excluding hydrogens is 192 g/mol. The van der Waals surface area contributed by atoms with Gasteiger partial charge < -0.3 is 15.0 Å². The molecule has 15 heavy (non-hydrogen) atoms. The minimum absolute atomic E-state index is 0.206.